The number of Topliss-reactive ketones (excluding diaryl/α,β-unsaturated/α-hetero) is 1. The monoisotopic (exact) mass is 168 g/mol. The summed E-state index contributed by atoms with van der Waals surface area (Å²) in [6, 6.07) is 0. The summed E-state index contributed by atoms with van der Waals surface area (Å²) in [4.78, 5) is 11.3. The molecule has 0 aromatic heterocycles. The fraction of sp³-hybridized carbons (Fsp3) is 0.727. The molecule has 0 fully saturated rings. The lowest BCUT2D eigenvalue weighted by molar-refractivity contribution is -0.120. The zero-order valence-electron chi connectivity index (χ0n) is 8.63. The quantitative estimate of drug-likeness (QED) is 0.576. The Morgan fingerprint density at radius 3 is 2.25 bits per heavy atom. The predicted octanol–water partition coefficient (Wildman–Crippen LogP) is 3.20. The summed E-state index contributed by atoms with van der Waals surface area (Å²) in [6.07, 6.45) is 5.51. The molecule has 12 heavy (non-hydrogen) atoms. The van der Waals surface area contributed by atoms with Crippen molar-refractivity contribution in [3.8, 4) is 0 Å². The van der Waals surface area contributed by atoms with E-state index in [0.717, 1.165) is 6.42 Å². The molecule has 0 saturated carbocycles. The number of carbonyl (C=O) groups is 1. The highest BCUT2D eigenvalue weighted by Crippen LogP contribution is 2.09. The second kappa shape index (κ2) is 5.99. The van der Waals surface area contributed by atoms with Crippen LogP contribution in [0.2, 0.25) is 0 Å². The van der Waals surface area contributed by atoms with E-state index in [2.05, 4.69) is 26.8 Å². The van der Waals surface area contributed by atoms with E-state index in [9.17, 15) is 4.79 Å². The van der Waals surface area contributed by atoms with Crippen LogP contribution in [0.5, 0.6) is 0 Å². The second-order valence-electron chi connectivity index (χ2n) is 3.84. The van der Waals surface area contributed by atoms with Gasteiger partial charge in [-0.25, -0.2) is 0 Å². The van der Waals surface area contributed by atoms with Gasteiger partial charge >= 0.3 is 0 Å². The molecule has 0 aromatic rings. The Hall–Kier alpha value is -0.590. The van der Waals surface area contributed by atoms with Crippen LogP contribution >= 0.6 is 0 Å². The molecule has 0 spiro atoms. The Morgan fingerprint density at radius 2 is 1.83 bits per heavy atom. The Kier molecular flexibility index (Phi) is 5.69. The number of carbonyl (C=O) groups excluding carboxylic acids is 1. The Balaban J connectivity index is 3.69. The van der Waals surface area contributed by atoms with Crippen LogP contribution in [0.25, 0.3) is 0 Å². The van der Waals surface area contributed by atoms with Crippen molar-refractivity contribution in [2.75, 3.05) is 0 Å². The Morgan fingerprint density at radius 1 is 1.25 bits per heavy atom. The molecule has 70 valence electrons. The molecule has 0 saturated heterocycles. The van der Waals surface area contributed by atoms with E-state index >= 15 is 0 Å². The summed E-state index contributed by atoms with van der Waals surface area (Å²) in [5, 5.41) is 0. The van der Waals surface area contributed by atoms with E-state index in [1.54, 1.807) is 0 Å². The fourth-order valence-corrected chi connectivity index (χ4v) is 1.29. The summed E-state index contributed by atoms with van der Waals surface area (Å²) in [7, 11) is 0. The summed E-state index contributed by atoms with van der Waals surface area (Å²) in [6.45, 7) is 8.23. The minimum Gasteiger partial charge on any atom is -0.300 e. The molecule has 1 nitrogen and oxygen atoms in total. The van der Waals surface area contributed by atoms with Crippen LogP contribution in [0.3, 0.4) is 0 Å². The van der Waals surface area contributed by atoms with Gasteiger partial charge in [-0.15, -0.1) is 0 Å². The number of hydrogen-bond acceptors (Lipinski definition) is 1. The van der Waals surface area contributed by atoms with E-state index in [1.165, 1.54) is 0 Å². The van der Waals surface area contributed by atoms with Crippen LogP contribution in [0, 0.1) is 11.8 Å². The van der Waals surface area contributed by atoms with Crippen LogP contribution in [0.15, 0.2) is 12.2 Å². The zero-order valence-corrected chi connectivity index (χ0v) is 8.63. The third-order valence-corrected chi connectivity index (χ3v) is 1.71. The minimum atomic E-state index is 0.385. The first-order chi connectivity index (χ1) is 5.56. The highest BCUT2D eigenvalue weighted by atomic mass is 16.1. The molecule has 0 N–H and O–H groups in total. The summed E-state index contributed by atoms with van der Waals surface area (Å²) in [5.74, 6) is 1.28. The van der Waals surface area contributed by atoms with E-state index in [4.69, 9.17) is 0 Å². The van der Waals surface area contributed by atoms with Gasteiger partial charge in [0, 0.05) is 12.8 Å². The van der Waals surface area contributed by atoms with Crippen molar-refractivity contribution >= 4 is 5.78 Å². The SMILES string of the molecule is CC=CC(C)CC(=O)CC(C)C. The van der Waals surface area contributed by atoms with Crippen molar-refractivity contribution < 1.29 is 4.79 Å². The van der Waals surface area contributed by atoms with Crippen molar-refractivity contribution in [2.24, 2.45) is 11.8 Å². The van der Waals surface area contributed by atoms with Gasteiger partial charge in [0.2, 0.25) is 0 Å². The average Bonchev–Trinajstić information content (AvgIpc) is 1.84. The first-order valence-corrected chi connectivity index (χ1v) is 4.70. The smallest absolute Gasteiger partial charge is 0.133 e. The lowest BCUT2D eigenvalue weighted by atomic mass is 9.98. The number of hydrogen-bond donors (Lipinski definition) is 0. The molecular formula is C11H20O. The van der Waals surface area contributed by atoms with E-state index in [-0.39, 0.29) is 0 Å². The molecule has 0 bridgehead atoms. The van der Waals surface area contributed by atoms with Gasteiger partial charge < -0.3 is 0 Å². The third kappa shape index (κ3) is 6.14. The Bertz CT molecular complexity index is 156. The predicted molar refractivity (Wildman–Crippen MR) is 53.1 cm³/mol. The summed E-state index contributed by atoms with van der Waals surface area (Å²) >= 11 is 0. The Labute approximate surface area is 75.9 Å². The molecule has 1 atom stereocenters. The van der Waals surface area contributed by atoms with Crippen LogP contribution in [0.1, 0.15) is 40.5 Å². The minimum absolute atomic E-state index is 0.385. The largest absolute Gasteiger partial charge is 0.300 e. The van der Waals surface area contributed by atoms with E-state index in [1.807, 2.05) is 13.0 Å². The molecule has 0 aromatic carbocycles. The molecular weight excluding hydrogens is 148 g/mol. The maximum Gasteiger partial charge on any atom is 0.133 e. The molecule has 1 heteroatoms. The van der Waals surface area contributed by atoms with Gasteiger partial charge in [-0.1, -0.05) is 32.9 Å². The lowest BCUT2D eigenvalue weighted by Crippen LogP contribution is -2.06. The topological polar surface area (TPSA) is 17.1 Å². The fourth-order valence-electron chi connectivity index (χ4n) is 1.29. The maximum absolute atomic E-state index is 11.3. The number of ketones is 1. The van der Waals surface area contributed by atoms with Crippen molar-refractivity contribution in [2.45, 2.75) is 40.5 Å². The third-order valence-electron chi connectivity index (χ3n) is 1.71. The molecule has 0 amide bonds. The van der Waals surface area contributed by atoms with Crippen molar-refractivity contribution in [3.05, 3.63) is 12.2 Å². The second-order valence-corrected chi connectivity index (χ2v) is 3.84. The van der Waals surface area contributed by atoms with Crippen LogP contribution in [-0.2, 0) is 4.79 Å². The number of rotatable bonds is 5. The first kappa shape index (κ1) is 11.4. The van der Waals surface area contributed by atoms with Gasteiger partial charge in [0.05, 0.1) is 0 Å². The molecule has 1 unspecified atom stereocenters. The first-order valence-electron chi connectivity index (χ1n) is 4.70. The molecule has 0 aliphatic carbocycles. The number of allylic oxidation sites excluding steroid dienone is 2. The molecule has 0 aliphatic rings. The van der Waals surface area contributed by atoms with Crippen molar-refractivity contribution in [1.82, 2.24) is 0 Å². The molecule has 0 heterocycles. The molecule has 0 aliphatic heterocycles. The van der Waals surface area contributed by atoms with Crippen molar-refractivity contribution in [1.29, 1.82) is 0 Å². The van der Waals surface area contributed by atoms with Gasteiger partial charge in [0.15, 0.2) is 0 Å². The standard InChI is InChI=1S/C11H20O/c1-5-6-10(4)8-11(12)7-9(2)3/h5-6,9-10H,7-8H2,1-4H3. The molecule has 0 radical (unpaired) electrons. The van der Waals surface area contributed by atoms with E-state index in [0.29, 0.717) is 24.0 Å². The van der Waals surface area contributed by atoms with Crippen molar-refractivity contribution in [3.63, 3.8) is 0 Å². The van der Waals surface area contributed by atoms with Gasteiger partial charge in [-0.2, -0.15) is 0 Å². The van der Waals surface area contributed by atoms with Gasteiger partial charge in [-0.3, -0.25) is 4.79 Å². The summed E-state index contributed by atoms with van der Waals surface area (Å²) < 4.78 is 0. The summed E-state index contributed by atoms with van der Waals surface area (Å²) in [5.41, 5.74) is 0. The van der Waals surface area contributed by atoms with Crippen LogP contribution in [0.4, 0.5) is 0 Å². The highest BCUT2D eigenvalue weighted by Gasteiger charge is 2.07. The zero-order chi connectivity index (χ0) is 9.56. The average molecular weight is 168 g/mol. The van der Waals surface area contributed by atoms with Gasteiger partial charge in [0.1, 0.15) is 5.78 Å². The maximum atomic E-state index is 11.3. The van der Waals surface area contributed by atoms with Gasteiger partial charge in [0.25, 0.3) is 0 Å². The van der Waals surface area contributed by atoms with Crippen LogP contribution < -0.4 is 0 Å². The normalized spacial score (nSPS) is 14.1. The van der Waals surface area contributed by atoms with Gasteiger partial charge in [-0.05, 0) is 18.8 Å². The van der Waals surface area contributed by atoms with E-state index < -0.39 is 0 Å². The lowest BCUT2D eigenvalue weighted by Gasteiger charge is -2.06. The highest BCUT2D eigenvalue weighted by molar-refractivity contribution is 5.78. The van der Waals surface area contributed by atoms with Crippen LogP contribution in [-0.4, -0.2) is 5.78 Å². The molecule has 0 rings (SSSR count).